The van der Waals surface area contributed by atoms with Gasteiger partial charge in [0.25, 0.3) is 0 Å². The molecule has 0 spiro atoms. The van der Waals surface area contributed by atoms with Crippen LogP contribution in [0.4, 0.5) is 4.79 Å². The predicted octanol–water partition coefficient (Wildman–Crippen LogP) is 3.61. The second-order valence-electron chi connectivity index (χ2n) is 7.95. The second-order valence-corrected chi connectivity index (χ2v) is 8.39. The number of likely N-dealkylation sites (tertiary alicyclic amines) is 1. The van der Waals surface area contributed by atoms with Crippen molar-refractivity contribution in [3.8, 4) is 6.07 Å². The van der Waals surface area contributed by atoms with Crippen molar-refractivity contribution >= 4 is 28.5 Å². The molecule has 3 N–H and O–H groups in total. The molecule has 150 valence electrons. The van der Waals surface area contributed by atoms with Gasteiger partial charge in [0.15, 0.2) is 0 Å². The molecule has 1 aromatic carbocycles. The van der Waals surface area contributed by atoms with E-state index in [0.29, 0.717) is 31.1 Å². The Morgan fingerprint density at radius 2 is 2.21 bits per heavy atom. The number of carbonyl (C=O) groups excluding carboxylic acids is 1. The van der Waals surface area contributed by atoms with E-state index in [0.717, 1.165) is 29.3 Å². The fourth-order valence-corrected chi connectivity index (χ4v) is 4.29. The van der Waals surface area contributed by atoms with E-state index in [1.54, 1.807) is 17.2 Å². The van der Waals surface area contributed by atoms with Crippen molar-refractivity contribution in [1.82, 2.24) is 20.4 Å². The van der Waals surface area contributed by atoms with Gasteiger partial charge in [-0.15, -0.1) is 0 Å². The van der Waals surface area contributed by atoms with Crippen molar-refractivity contribution in [2.75, 3.05) is 19.6 Å². The van der Waals surface area contributed by atoms with Gasteiger partial charge in [0.1, 0.15) is 0 Å². The Labute approximate surface area is 169 Å². The van der Waals surface area contributed by atoms with Gasteiger partial charge in [-0.1, -0.05) is 25.4 Å². The van der Waals surface area contributed by atoms with Crippen LogP contribution in [-0.4, -0.2) is 45.9 Å². The number of aromatic nitrogens is 2. The van der Waals surface area contributed by atoms with Crippen LogP contribution in [0.25, 0.3) is 10.9 Å². The number of amides is 2. The van der Waals surface area contributed by atoms with Crippen molar-refractivity contribution in [3.63, 3.8) is 0 Å². The Balaban J connectivity index is 1.69. The summed E-state index contributed by atoms with van der Waals surface area (Å²) in [6, 6.07) is 5.52. The summed E-state index contributed by atoms with van der Waals surface area (Å²) in [4.78, 5) is 13.9. The summed E-state index contributed by atoms with van der Waals surface area (Å²) in [6.45, 7) is 5.76. The lowest BCUT2D eigenvalue weighted by Gasteiger charge is -2.43. The minimum atomic E-state index is -0.713. The quantitative estimate of drug-likeness (QED) is 0.663. The molecule has 1 fully saturated rings. The van der Waals surface area contributed by atoms with Crippen LogP contribution < -0.4 is 5.32 Å². The minimum absolute atomic E-state index is 0.124. The summed E-state index contributed by atoms with van der Waals surface area (Å²) in [5, 5.41) is 31.1. The van der Waals surface area contributed by atoms with Crippen LogP contribution >= 0.6 is 11.6 Å². The summed E-state index contributed by atoms with van der Waals surface area (Å²) < 4.78 is 0. The number of aliphatic hydroxyl groups is 1. The molecule has 28 heavy (non-hydrogen) atoms. The maximum absolute atomic E-state index is 12.2. The monoisotopic (exact) mass is 403 g/mol. The van der Waals surface area contributed by atoms with Crippen molar-refractivity contribution in [1.29, 1.82) is 5.26 Å². The molecular formula is C20H26ClN5O2. The third-order valence-electron chi connectivity index (χ3n) is 5.89. The van der Waals surface area contributed by atoms with Gasteiger partial charge in [-0.25, -0.2) is 4.79 Å². The number of rotatable bonds is 5. The topological polar surface area (TPSA) is 105 Å². The molecular weight excluding hydrogens is 378 g/mol. The van der Waals surface area contributed by atoms with Gasteiger partial charge in [0.2, 0.25) is 0 Å². The highest BCUT2D eigenvalue weighted by atomic mass is 35.5. The van der Waals surface area contributed by atoms with Crippen LogP contribution in [0.2, 0.25) is 5.02 Å². The van der Waals surface area contributed by atoms with Gasteiger partial charge >= 0.3 is 6.03 Å². The summed E-state index contributed by atoms with van der Waals surface area (Å²) in [5.41, 5.74) is 1.16. The number of nitrogens with one attached hydrogen (secondary N) is 2. The maximum atomic E-state index is 12.2. The first kappa shape index (κ1) is 20.4. The van der Waals surface area contributed by atoms with Crippen LogP contribution in [0.15, 0.2) is 18.3 Å². The standard InChI is InChI=1S/C20H26ClN5O2/c1-20(2,14-4-8-26(9-5-14)19(28)23-7-3-6-22)18(27)16-11-15(21)10-13-12-24-25-17(13)16/h10-12,14,18,27H,3-5,7-9H2,1-2H3,(H,23,28)(H,24,25)/t18-/m1/s1. The van der Waals surface area contributed by atoms with Crippen molar-refractivity contribution in [3.05, 3.63) is 28.9 Å². The average molecular weight is 404 g/mol. The van der Waals surface area contributed by atoms with Crippen LogP contribution in [0, 0.1) is 22.7 Å². The second kappa shape index (κ2) is 8.38. The number of piperidine rings is 1. The molecule has 0 radical (unpaired) electrons. The molecule has 0 saturated carbocycles. The molecule has 1 saturated heterocycles. The van der Waals surface area contributed by atoms with Gasteiger partial charge in [0, 0.05) is 35.6 Å². The number of benzene rings is 1. The van der Waals surface area contributed by atoms with Gasteiger partial charge in [-0.2, -0.15) is 10.4 Å². The van der Waals surface area contributed by atoms with Gasteiger partial charge in [0.05, 0.1) is 30.3 Å². The van der Waals surface area contributed by atoms with E-state index in [2.05, 4.69) is 29.4 Å². The van der Waals surface area contributed by atoms with Gasteiger partial charge < -0.3 is 15.3 Å². The number of fused-ring (bicyclic) bond motifs is 1. The lowest BCUT2D eigenvalue weighted by molar-refractivity contribution is -0.0143. The van der Waals surface area contributed by atoms with Crippen LogP contribution in [-0.2, 0) is 0 Å². The van der Waals surface area contributed by atoms with Crippen molar-refractivity contribution < 1.29 is 9.90 Å². The molecule has 1 aliphatic rings. The third-order valence-corrected chi connectivity index (χ3v) is 6.11. The van der Waals surface area contributed by atoms with Crippen LogP contribution in [0.3, 0.4) is 0 Å². The van der Waals surface area contributed by atoms with Gasteiger partial charge in [-0.3, -0.25) is 5.10 Å². The van der Waals surface area contributed by atoms with E-state index in [9.17, 15) is 9.90 Å². The Morgan fingerprint density at radius 1 is 1.50 bits per heavy atom. The summed E-state index contributed by atoms with van der Waals surface area (Å²) >= 11 is 6.24. The van der Waals surface area contributed by atoms with E-state index in [1.807, 2.05) is 12.1 Å². The number of carbonyl (C=O) groups is 1. The Bertz CT molecular complexity index is 880. The number of hydrogen-bond acceptors (Lipinski definition) is 4. The molecule has 0 unspecified atom stereocenters. The summed E-state index contributed by atoms with van der Waals surface area (Å²) in [7, 11) is 0. The fraction of sp³-hybridized carbons (Fsp3) is 0.550. The van der Waals surface area contributed by atoms with E-state index in [1.165, 1.54) is 0 Å². The molecule has 2 aromatic rings. The molecule has 2 heterocycles. The molecule has 8 heteroatoms. The van der Waals surface area contributed by atoms with Crippen molar-refractivity contribution in [2.24, 2.45) is 11.3 Å². The Hall–Kier alpha value is -2.30. The van der Waals surface area contributed by atoms with E-state index < -0.39 is 11.5 Å². The van der Waals surface area contributed by atoms with Crippen LogP contribution in [0.5, 0.6) is 0 Å². The summed E-state index contributed by atoms with van der Waals surface area (Å²) in [5.74, 6) is 0.252. The number of nitriles is 1. The number of H-pyrrole nitrogens is 1. The number of nitrogens with zero attached hydrogens (tertiary/aromatic N) is 3. The molecule has 3 rings (SSSR count). The van der Waals surface area contributed by atoms with E-state index >= 15 is 0 Å². The molecule has 1 atom stereocenters. The van der Waals surface area contributed by atoms with Crippen LogP contribution in [0.1, 0.15) is 44.8 Å². The molecule has 7 nitrogen and oxygen atoms in total. The first-order valence-electron chi connectivity index (χ1n) is 9.55. The highest BCUT2D eigenvalue weighted by Crippen LogP contribution is 2.46. The van der Waals surface area contributed by atoms with Gasteiger partial charge in [-0.05, 0) is 36.3 Å². The Kier molecular flexibility index (Phi) is 6.11. The molecule has 0 aliphatic carbocycles. The lowest BCUT2D eigenvalue weighted by Crippen LogP contribution is -2.47. The lowest BCUT2D eigenvalue weighted by atomic mass is 9.68. The number of aliphatic hydroxyl groups excluding tert-OH is 1. The predicted molar refractivity (Wildman–Crippen MR) is 108 cm³/mol. The van der Waals surface area contributed by atoms with E-state index in [4.69, 9.17) is 16.9 Å². The number of urea groups is 1. The first-order valence-corrected chi connectivity index (χ1v) is 9.92. The minimum Gasteiger partial charge on any atom is -0.388 e. The largest absolute Gasteiger partial charge is 0.388 e. The number of aromatic amines is 1. The normalized spacial score (nSPS) is 16.8. The van der Waals surface area contributed by atoms with Crippen molar-refractivity contribution in [2.45, 2.75) is 39.2 Å². The first-order chi connectivity index (χ1) is 13.3. The number of halogens is 1. The Morgan fingerprint density at radius 3 is 2.89 bits per heavy atom. The zero-order chi connectivity index (χ0) is 20.3. The fourth-order valence-electron chi connectivity index (χ4n) is 4.05. The average Bonchev–Trinajstić information content (AvgIpc) is 3.15. The maximum Gasteiger partial charge on any atom is 0.317 e. The molecule has 0 bridgehead atoms. The molecule has 1 aliphatic heterocycles. The smallest absolute Gasteiger partial charge is 0.317 e. The SMILES string of the molecule is CC(C)(C1CCN(C(=O)NCCC#N)CC1)[C@H](O)c1cc(Cl)cc2cn[nH]c12. The molecule has 1 aromatic heterocycles. The zero-order valence-electron chi connectivity index (χ0n) is 16.2. The molecule has 2 amide bonds. The number of hydrogen-bond donors (Lipinski definition) is 3. The highest BCUT2D eigenvalue weighted by Gasteiger charge is 2.40. The van der Waals surface area contributed by atoms with E-state index in [-0.39, 0.29) is 11.9 Å². The highest BCUT2D eigenvalue weighted by molar-refractivity contribution is 6.31. The summed E-state index contributed by atoms with van der Waals surface area (Å²) in [6.07, 6.45) is 2.91. The zero-order valence-corrected chi connectivity index (χ0v) is 17.0. The third kappa shape index (κ3) is 4.08.